The van der Waals surface area contributed by atoms with Crippen LogP contribution in [0.25, 0.3) is 0 Å². The van der Waals surface area contributed by atoms with Gasteiger partial charge in [-0.2, -0.15) is 0 Å². The average Bonchev–Trinajstić information content (AvgIpc) is 2.40. The van der Waals surface area contributed by atoms with E-state index < -0.39 is 0 Å². The number of benzene rings is 2. The van der Waals surface area contributed by atoms with Crippen molar-refractivity contribution in [3.05, 3.63) is 67.0 Å². The van der Waals surface area contributed by atoms with Crippen LogP contribution < -0.4 is 5.32 Å². The minimum atomic E-state index is -0.190. The number of nitrogens with one attached hydrogen (secondary N) is 1. The molecule has 2 rings (SSSR count). The summed E-state index contributed by atoms with van der Waals surface area (Å²) in [6.07, 6.45) is 0. The van der Waals surface area contributed by atoms with Gasteiger partial charge >= 0.3 is 0 Å². The van der Waals surface area contributed by atoms with E-state index in [2.05, 4.69) is 40.9 Å². The number of halogens is 3. The quantitative estimate of drug-likeness (QED) is 0.657. The van der Waals surface area contributed by atoms with Crippen LogP contribution in [0.4, 0.5) is 4.39 Å². The summed E-state index contributed by atoms with van der Waals surface area (Å²) in [4.78, 5) is 0. The molecular formula is C17H18ClFIN. The molecule has 2 aromatic carbocycles. The van der Waals surface area contributed by atoms with Gasteiger partial charge in [0, 0.05) is 3.57 Å². The Bertz CT molecular complexity index is 634. The molecular weight excluding hydrogens is 400 g/mol. The number of hydrogen-bond donors (Lipinski definition) is 1. The average molecular weight is 418 g/mol. The highest BCUT2D eigenvalue weighted by Gasteiger charge is 2.19. The Morgan fingerprint density at radius 1 is 1.19 bits per heavy atom. The van der Waals surface area contributed by atoms with Crippen molar-refractivity contribution in [2.75, 3.05) is 6.54 Å². The highest BCUT2D eigenvalue weighted by molar-refractivity contribution is 14.1. The van der Waals surface area contributed by atoms with Crippen LogP contribution >= 0.6 is 34.2 Å². The van der Waals surface area contributed by atoms with Crippen LogP contribution in [0.5, 0.6) is 0 Å². The predicted molar refractivity (Wildman–Crippen MR) is 95.6 cm³/mol. The summed E-state index contributed by atoms with van der Waals surface area (Å²) in [5.74, 6) is -0.190. The first kappa shape index (κ1) is 16.7. The molecule has 0 heterocycles. The molecule has 0 aromatic heterocycles. The normalized spacial score (nSPS) is 12.5. The lowest BCUT2D eigenvalue weighted by atomic mass is 9.91. The summed E-state index contributed by atoms with van der Waals surface area (Å²) < 4.78 is 14.6. The van der Waals surface area contributed by atoms with Crippen molar-refractivity contribution in [1.29, 1.82) is 0 Å². The maximum absolute atomic E-state index is 13.5. The van der Waals surface area contributed by atoms with Crippen LogP contribution in [0.1, 0.15) is 35.2 Å². The van der Waals surface area contributed by atoms with Gasteiger partial charge in [0.05, 0.1) is 11.1 Å². The molecule has 1 nitrogen and oxygen atoms in total. The SMILES string of the molecule is CCNC(c1ccc(I)c(Cl)c1)c1c(C)cc(F)cc1C. The van der Waals surface area contributed by atoms with E-state index in [1.54, 1.807) is 12.1 Å². The minimum Gasteiger partial charge on any atom is -0.307 e. The van der Waals surface area contributed by atoms with E-state index in [-0.39, 0.29) is 11.9 Å². The summed E-state index contributed by atoms with van der Waals surface area (Å²) in [5.41, 5.74) is 4.12. The van der Waals surface area contributed by atoms with Crippen molar-refractivity contribution in [3.8, 4) is 0 Å². The lowest BCUT2D eigenvalue weighted by Crippen LogP contribution is -2.24. The van der Waals surface area contributed by atoms with Crippen LogP contribution in [-0.4, -0.2) is 6.54 Å². The smallest absolute Gasteiger partial charge is 0.123 e. The zero-order valence-corrected chi connectivity index (χ0v) is 15.2. The fraction of sp³-hybridized carbons (Fsp3) is 0.294. The summed E-state index contributed by atoms with van der Waals surface area (Å²) in [7, 11) is 0. The van der Waals surface area contributed by atoms with Gasteiger partial charge in [-0.25, -0.2) is 4.39 Å². The third-order valence-corrected chi connectivity index (χ3v) is 5.10. The lowest BCUT2D eigenvalue weighted by molar-refractivity contribution is 0.606. The van der Waals surface area contributed by atoms with Gasteiger partial charge in [-0.3, -0.25) is 0 Å². The third-order valence-electron chi connectivity index (χ3n) is 3.53. The van der Waals surface area contributed by atoms with Crippen LogP contribution in [0, 0.1) is 23.2 Å². The molecule has 4 heteroatoms. The standard InChI is InChI=1S/C17H18ClFIN/c1-4-21-17(12-5-6-15(20)14(18)9-12)16-10(2)7-13(19)8-11(16)3/h5-9,17,21H,4H2,1-3H3. The van der Waals surface area contributed by atoms with Crippen LogP contribution in [0.2, 0.25) is 5.02 Å². The van der Waals surface area contributed by atoms with Gasteiger partial charge in [0.25, 0.3) is 0 Å². The van der Waals surface area contributed by atoms with Gasteiger partial charge < -0.3 is 5.32 Å². The maximum Gasteiger partial charge on any atom is 0.123 e. The zero-order valence-electron chi connectivity index (χ0n) is 12.3. The molecule has 0 radical (unpaired) electrons. The number of rotatable bonds is 4. The summed E-state index contributed by atoms with van der Waals surface area (Å²) >= 11 is 8.47. The highest BCUT2D eigenvalue weighted by Crippen LogP contribution is 2.31. The molecule has 0 spiro atoms. The maximum atomic E-state index is 13.5. The molecule has 0 fully saturated rings. The molecule has 21 heavy (non-hydrogen) atoms. The van der Waals surface area contributed by atoms with Crippen molar-refractivity contribution in [3.63, 3.8) is 0 Å². The van der Waals surface area contributed by atoms with Crippen molar-refractivity contribution in [2.45, 2.75) is 26.8 Å². The summed E-state index contributed by atoms with van der Waals surface area (Å²) in [6, 6.07) is 9.26. The first-order chi connectivity index (χ1) is 9.93. The minimum absolute atomic E-state index is 0.0186. The second-order valence-electron chi connectivity index (χ2n) is 5.12. The Kier molecular flexibility index (Phi) is 5.63. The molecule has 0 amide bonds. The van der Waals surface area contributed by atoms with Gasteiger partial charge in [-0.15, -0.1) is 0 Å². The van der Waals surface area contributed by atoms with Crippen molar-refractivity contribution in [2.24, 2.45) is 0 Å². The largest absolute Gasteiger partial charge is 0.307 e. The molecule has 0 aliphatic carbocycles. The Hall–Kier alpha value is -0.650. The molecule has 0 bridgehead atoms. The van der Waals surface area contributed by atoms with Crippen LogP contribution in [-0.2, 0) is 0 Å². The highest BCUT2D eigenvalue weighted by atomic mass is 127. The van der Waals surface area contributed by atoms with Crippen LogP contribution in [0.15, 0.2) is 30.3 Å². The van der Waals surface area contributed by atoms with Gasteiger partial charge in [0.15, 0.2) is 0 Å². The van der Waals surface area contributed by atoms with E-state index >= 15 is 0 Å². The second kappa shape index (κ2) is 7.07. The first-order valence-electron chi connectivity index (χ1n) is 6.89. The van der Waals surface area contributed by atoms with Crippen molar-refractivity contribution < 1.29 is 4.39 Å². The molecule has 1 atom stereocenters. The fourth-order valence-electron chi connectivity index (χ4n) is 2.66. The summed E-state index contributed by atoms with van der Waals surface area (Å²) in [6.45, 7) is 6.79. The van der Waals surface area contributed by atoms with E-state index in [9.17, 15) is 4.39 Å². The van der Waals surface area contributed by atoms with Gasteiger partial charge in [0.1, 0.15) is 5.82 Å². The molecule has 2 aromatic rings. The monoisotopic (exact) mass is 417 g/mol. The van der Waals surface area contributed by atoms with E-state index in [0.29, 0.717) is 0 Å². The Balaban J connectivity index is 2.55. The zero-order chi connectivity index (χ0) is 15.6. The Morgan fingerprint density at radius 3 is 2.33 bits per heavy atom. The van der Waals surface area contributed by atoms with Crippen LogP contribution in [0.3, 0.4) is 0 Å². The number of hydrogen-bond acceptors (Lipinski definition) is 1. The van der Waals surface area contributed by atoms with Crippen molar-refractivity contribution >= 4 is 34.2 Å². The lowest BCUT2D eigenvalue weighted by Gasteiger charge is -2.23. The molecule has 0 saturated heterocycles. The van der Waals surface area contributed by atoms with E-state index in [1.807, 2.05) is 26.0 Å². The molecule has 1 N–H and O–H groups in total. The van der Waals surface area contributed by atoms with E-state index in [0.717, 1.165) is 37.4 Å². The fourth-order valence-corrected chi connectivity index (χ4v) is 3.18. The Labute approximate surface area is 144 Å². The topological polar surface area (TPSA) is 12.0 Å². The second-order valence-corrected chi connectivity index (χ2v) is 6.69. The van der Waals surface area contributed by atoms with E-state index in [1.165, 1.54) is 0 Å². The molecule has 112 valence electrons. The van der Waals surface area contributed by atoms with Crippen molar-refractivity contribution in [1.82, 2.24) is 5.32 Å². The third kappa shape index (κ3) is 3.76. The molecule has 1 unspecified atom stereocenters. The molecule has 0 saturated carbocycles. The molecule has 0 aliphatic rings. The molecule has 0 aliphatic heterocycles. The van der Waals surface area contributed by atoms with Gasteiger partial charge in [0.2, 0.25) is 0 Å². The first-order valence-corrected chi connectivity index (χ1v) is 8.34. The van der Waals surface area contributed by atoms with Gasteiger partial charge in [-0.05, 0) is 89.5 Å². The number of aryl methyl sites for hydroxylation is 2. The predicted octanol–water partition coefficient (Wildman–Crippen LogP) is 5.40. The Morgan fingerprint density at radius 2 is 1.81 bits per heavy atom. The van der Waals surface area contributed by atoms with E-state index in [4.69, 9.17) is 11.6 Å². The van der Waals surface area contributed by atoms with Gasteiger partial charge in [-0.1, -0.05) is 24.6 Å². The summed E-state index contributed by atoms with van der Waals surface area (Å²) in [5, 5.41) is 4.22.